The van der Waals surface area contributed by atoms with Gasteiger partial charge in [-0.2, -0.15) is 0 Å². The minimum absolute atomic E-state index is 0. The van der Waals surface area contributed by atoms with E-state index < -0.39 is 21.5 Å². The number of hydrogen-bond donors (Lipinski definition) is 0. The Hall–Kier alpha value is -0.224. The van der Waals surface area contributed by atoms with E-state index in [1.54, 1.807) is 24.3 Å². The fraction of sp³-hybridized carbons (Fsp3) is 0.250. The van der Waals surface area contributed by atoms with Crippen molar-refractivity contribution in [3.63, 3.8) is 0 Å². The van der Waals surface area contributed by atoms with E-state index in [1.165, 1.54) is 6.07 Å². The van der Waals surface area contributed by atoms with Crippen LogP contribution in [0.1, 0.15) is 6.42 Å². The van der Waals surface area contributed by atoms with Crippen molar-refractivity contribution >= 4 is 21.1 Å². The molecule has 20 heavy (non-hydrogen) atoms. The number of fused-ring (bicyclic) bond motifs is 1. The quantitative estimate of drug-likeness (QED) is 0.276. The van der Waals surface area contributed by atoms with Gasteiger partial charge in [-0.3, -0.25) is 0 Å². The molecule has 2 rings (SSSR count). The Morgan fingerprint density at radius 1 is 1.20 bits per heavy atom. The monoisotopic (exact) mass is 322 g/mol. The molecule has 0 amide bonds. The topological polar surface area (TPSA) is 96.6 Å². The molecular formula is C12H11KO6S. The fourth-order valence-corrected chi connectivity index (χ4v) is 2.03. The number of hydrogen-bond acceptors (Lipinski definition) is 6. The van der Waals surface area contributed by atoms with Gasteiger partial charge < -0.3 is 13.7 Å². The first kappa shape index (κ1) is 17.8. The van der Waals surface area contributed by atoms with E-state index in [2.05, 4.69) is 0 Å². The molecule has 8 heteroatoms. The maximum atomic E-state index is 11.1. The minimum atomic E-state index is -4.21. The Kier molecular flexibility index (Phi) is 6.85. The van der Waals surface area contributed by atoms with Crippen LogP contribution < -0.4 is 61.7 Å². The van der Waals surface area contributed by atoms with E-state index in [0.29, 0.717) is 11.3 Å². The summed E-state index contributed by atoms with van der Waals surface area (Å²) in [5, 5.41) is 0.758. The van der Waals surface area contributed by atoms with Gasteiger partial charge in [-0.05, 0) is 24.6 Å². The number of ether oxygens (including phenoxy) is 1. The van der Waals surface area contributed by atoms with Crippen LogP contribution in [-0.4, -0.2) is 25.3 Å². The molecule has 2 aromatic rings. The van der Waals surface area contributed by atoms with Crippen molar-refractivity contribution in [3.05, 3.63) is 40.8 Å². The summed E-state index contributed by atoms with van der Waals surface area (Å²) in [4.78, 5) is 11.1. The third-order valence-electron chi connectivity index (χ3n) is 2.40. The molecule has 0 saturated heterocycles. The molecule has 0 unspecified atom stereocenters. The molecule has 0 fully saturated rings. The average molecular weight is 322 g/mol. The van der Waals surface area contributed by atoms with Crippen LogP contribution >= 0.6 is 0 Å². The summed E-state index contributed by atoms with van der Waals surface area (Å²) >= 11 is 0. The van der Waals surface area contributed by atoms with Gasteiger partial charge in [-0.15, -0.1) is 0 Å². The molecule has 0 radical (unpaired) electrons. The van der Waals surface area contributed by atoms with Crippen LogP contribution in [0.4, 0.5) is 0 Å². The maximum Gasteiger partial charge on any atom is 1.00 e. The molecule has 0 spiro atoms. The predicted octanol–water partition coefficient (Wildman–Crippen LogP) is -1.89. The maximum absolute atomic E-state index is 11.1. The number of benzene rings is 1. The van der Waals surface area contributed by atoms with Gasteiger partial charge in [0, 0.05) is 23.3 Å². The van der Waals surface area contributed by atoms with E-state index in [1.807, 2.05) is 0 Å². The first-order valence-electron chi connectivity index (χ1n) is 5.54. The van der Waals surface area contributed by atoms with Crippen molar-refractivity contribution in [1.29, 1.82) is 0 Å². The summed E-state index contributed by atoms with van der Waals surface area (Å²) < 4.78 is 41.4. The van der Waals surface area contributed by atoms with E-state index in [-0.39, 0.29) is 64.4 Å². The van der Waals surface area contributed by atoms with Gasteiger partial charge >= 0.3 is 57.0 Å². The van der Waals surface area contributed by atoms with Crippen molar-refractivity contribution in [2.75, 3.05) is 12.4 Å². The molecule has 0 saturated carbocycles. The summed E-state index contributed by atoms with van der Waals surface area (Å²) in [7, 11) is -4.21. The van der Waals surface area contributed by atoms with Crippen molar-refractivity contribution in [2.24, 2.45) is 0 Å². The van der Waals surface area contributed by atoms with E-state index in [9.17, 15) is 17.8 Å². The molecule has 0 aliphatic rings. The first-order valence-corrected chi connectivity index (χ1v) is 7.12. The molecule has 1 aromatic carbocycles. The predicted molar refractivity (Wildman–Crippen MR) is 67.2 cm³/mol. The van der Waals surface area contributed by atoms with Gasteiger partial charge in [0.2, 0.25) is 0 Å². The van der Waals surface area contributed by atoms with Gasteiger partial charge in [-0.25, -0.2) is 13.2 Å². The van der Waals surface area contributed by atoms with Crippen molar-refractivity contribution in [3.8, 4) is 5.75 Å². The minimum Gasteiger partial charge on any atom is -0.748 e. The van der Waals surface area contributed by atoms with Gasteiger partial charge in [0.25, 0.3) is 0 Å². The van der Waals surface area contributed by atoms with Gasteiger partial charge in [-0.1, -0.05) is 0 Å². The Balaban J connectivity index is 0.00000200. The zero-order valence-electron chi connectivity index (χ0n) is 10.9. The Labute approximate surface area is 158 Å². The molecule has 0 aliphatic heterocycles. The summed E-state index contributed by atoms with van der Waals surface area (Å²) in [6.07, 6.45) is 0.114. The van der Waals surface area contributed by atoms with Gasteiger partial charge in [0.15, 0.2) is 0 Å². The van der Waals surface area contributed by atoms with Crippen LogP contribution in [0, 0.1) is 0 Å². The second kappa shape index (κ2) is 7.69. The third kappa shape index (κ3) is 5.64. The third-order valence-corrected chi connectivity index (χ3v) is 3.19. The molecule has 0 N–H and O–H groups in total. The summed E-state index contributed by atoms with van der Waals surface area (Å²) in [6, 6.07) is 7.89. The van der Waals surface area contributed by atoms with Crippen LogP contribution in [0.25, 0.3) is 11.0 Å². The standard InChI is InChI=1S/C12H12O6S.K/c13-12-5-3-9-2-4-10(8-11(9)18-12)17-6-1-7-19(14,15)16;/h2-5,8H,1,6-7H2,(H,14,15,16);/q;+1/p-1. The molecule has 6 nitrogen and oxygen atoms in total. The zero-order valence-corrected chi connectivity index (χ0v) is 14.8. The summed E-state index contributed by atoms with van der Waals surface area (Å²) in [5.41, 5.74) is -0.0662. The SMILES string of the molecule is O=c1ccc2ccc(OCCCS(=O)(=O)[O-])cc2o1.[K+]. The summed E-state index contributed by atoms with van der Waals surface area (Å²) in [5.74, 6) is -0.0134. The van der Waals surface area contributed by atoms with E-state index in [0.717, 1.165) is 5.39 Å². The van der Waals surface area contributed by atoms with Crippen molar-refractivity contribution < 1.29 is 73.5 Å². The van der Waals surface area contributed by atoms with Crippen LogP contribution in [0.5, 0.6) is 5.75 Å². The molecule has 102 valence electrons. The van der Waals surface area contributed by atoms with Crippen LogP contribution in [0.2, 0.25) is 0 Å². The van der Waals surface area contributed by atoms with Crippen molar-refractivity contribution in [1.82, 2.24) is 0 Å². The molecule has 1 heterocycles. The van der Waals surface area contributed by atoms with Gasteiger partial charge in [0.1, 0.15) is 11.3 Å². The first-order chi connectivity index (χ1) is 8.94. The Morgan fingerprint density at radius 3 is 2.60 bits per heavy atom. The fourth-order valence-electron chi connectivity index (χ4n) is 1.56. The van der Waals surface area contributed by atoms with E-state index >= 15 is 0 Å². The van der Waals surface area contributed by atoms with Crippen molar-refractivity contribution in [2.45, 2.75) is 6.42 Å². The van der Waals surface area contributed by atoms with Crippen LogP contribution in [0.3, 0.4) is 0 Å². The second-order valence-electron chi connectivity index (χ2n) is 3.92. The molecule has 1 aromatic heterocycles. The Bertz CT molecular complexity index is 737. The molecular weight excluding hydrogens is 311 g/mol. The van der Waals surface area contributed by atoms with E-state index in [4.69, 9.17) is 9.15 Å². The Morgan fingerprint density at radius 2 is 1.90 bits per heavy atom. The number of rotatable bonds is 5. The zero-order chi connectivity index (χ0) is 13.9. The largest absolute Gasteiger partial charge is 1.00 e. The smallest absolute Gasteiger partial charge is 0.748 e. The van der Waals surface area contributed by atoms with Crippen LogP contribution in [0.15, 0.2) is 39.5 Å². The van der Waals surface area contributed by atoms with Crippen LogP contribution in [-0.2, 0) is 10.1 Å². The molecule has 0 aliphatic carbocycles. The normalized spacial score (nSPS) is 11.1. The second-order valence-corrected chi connectivity index (χ2v) is 5.44. The summed E-state index contributed by atoms with van der Waals surface area (Å²) in [6.45, 7) is 0.101. The molecule has 0 bridgehead atoms. The molecule has 0 atom stereocenters. The van der Waals surface area contributed by atoms with Gasteiger partial charge in [0.05, 0.1) is 16.7 Å². The average Bonchev–Trinajstić information content (AvgIpc) is 2.33.